The van der Waals surface area contributed by atoms with E-state index in [2.05, 4.69) is 0 Å². The average Bonchev–Trinajstić information content (AvgIpc) is 2.25. The highest BCUT2D eigenvalue weighted by molar-refractivity contribution is 7.71. The van der Waals surface area contributed by atoms with Crippen LogP contribution < -0.4 is 0 Å². The molecule has 18 heavy (non-hydrogen) atoms. The normalized spacial score (nSPS) is 13.7. The van der Waals surface area contributed by atoms with Gasteiger partial charge in [-0.15, -0.1) is 0 Å². The van der Waals surface area contributed by atoms with Gasteiger partial charge in [0.15, 0.2) is 0 Å². The van der Waals surface area contributed by atoms with E-state index in [1.165, 1.54) is 12.1 Å². The maximum atomic E-state index is 11.2. The van der Waals surface area contributed by atoms with Gasteiger partial charge in [-0.05, 0) is 12.0 Å². The van der Waals surface area contributed by atoms with Crippen LogP contribution in [0.4, 0.5) is 0 Å². The molecule has 1 aromatic carbocycles. The van der Waals surface area contributed by atoms with E-state index in [-0.39, 0.29) is 0 Å². The molecule has 102 valence electrons. The number of benzene rings is 1. The second-order valence-electron chi connectivity index (χ2n) is 3.77. The summed E-state index contributed by atoms with van der Waals surface area (Å²) < 4.78 is 22.4. The van der Waals surface area contributed by atoms with Crippen LogP contribution in [0, 0.1) is 0 Å². The molecule has 0 fully saturated rings. The number of aliphatic hydroxyl groups is 1. The third kappa shape index (κ3) is 2.58. The maximum Gasteiger partial charge on any atom is 0.374 e. The molecule has 5 N–H and O–H groups in total. The fraction of sp³-hybridized carbons (Fsp3) is 0.333. The summed E-state index contributed by atoms with van der Waals surface area (Å²) in [7, 11) is -10.9. The second kappa shape index (κ2) is 4.87. The van der Waals surface area contributed by atoms with Crippen molar-refractivity contribution in [3.05, 3.63) is 35.4 Å². The Balaban J connectivity index is 3.46. The van der Waals surface area contributed by atoms with E-state index in [9.17, 15) is 14.2 Å². The molecule has 0 radical (unpaired) electrons. The lowest BCUT2D eigenvalue weighted by Crippen LogP contribution is -2.25. The topological polar surface area (TPSA) is 135 Å². The minimum atomic E-state index is -5.46. The maximum absolute atomic E-state index is 11.2. The van der Waals surface area contributed by atoms with E-state index in [1.54, 1.807) is 0 Å². The van der Waals surface area contributed by atoms with Gasteiger partial charge in [0, 0.05) is 5.56 Å². The molecular formula is C9H14O7P2. The van der Waals surface area contributed by atoms with Crippen molar-refractivity contribution in [2.24, 2.45) is 0 Å². The number of rotatable bonds is 4. The van der Waals surface area contributed by atoms with Gasteiger partial charge in [0.05, 0.1) is 0 Å². The first-order valence-electron chi connectivity index (χ1n) is 4.97. The zero-order valence-electron chi connectivity index (χ0n) is 9.46. The van der Waals surface area contributed by atoms with Crippen LogP contribution in [0.2, 0.25) is 0 Å². The Labute approximate surface area is 103 Å². The van der Waals surface area contributed by atoms with E-state index < -0.39 is 25.8 Å². The molecule has 1 aromatic rings. The summed E-state index contributed by atoms with van der Waals surface area (Å²) in [6.07, 6.45) is 0.643. The number of hydrogen-bond donors (Lipinski definition) is 5. The third-order valence-corrected chi connectivity index (χ3v) is 6.27. The predicted molar refractivity (Wildman–Crippen MR) is 63.8 cm³/mol. The summed E-state index contributed by atoms with van der Waals surface area (Å²) in [6, 6.07) is 5.06. The van der Waals surface area contributed by atoms with Crippen molar-refractivity contribution in [2.45, 2.75) is 18.4 Å². The molecule has 0 amide bonds. The monoisotopic (exact) mass is 296 g/mol. The lowest BCUT2D eigenvalue weighted by molar-refractivity contribution is 0.131. The molecule has 0 aliphatic carbocycles. The van der Waals surface area contributed by atoms with Crippen LogP contribution in [-0.4, -0.2) is 24.7 Å². The Hall–Kier alpha value is -0.520. The van der Waals surface area contributed by atoms with Gasteiger partial charge in [0.2, 0.25) is 0 Å². The van der Waals surface area contributed by atoms with Crippen molar-refractivity contribution < 1.29 is 33.8 Å². The van der Waals surface area contributed by atoms with Crippen molar-refractivity contribution in [3.8, 4) is 0 Å². The molecule has 0 atom stereocenters. The van der Waals surface area contributed by atoms with Crippen molar-refractivity contribution in [2.75, 3.05) is 0 Å². The summed E-state index contributed by atoms with van der Waals surface area (Å²) in [5, 5.41) is 6.29. The van der Waals surface area contributed by atoms with Crippen molar-refractivity contribution in [3.63, 3.8) is 0 Å². The van der Waals surface area contributed by atoms with Crippen molar-refractivity contribution in [1.82, 2.24) is 0 Å². The SMILES string of the molecule is CCc1ccc(C(O)(P(=O)(O)O)P(=O)(O)O)cc1. The van der Waals surface area contributed by atoms with E-state index in [0.717, 1.165) is 17.7 Å². The van der Waals surface area contributed by atoms with Crippen LogP contribution in [0.25, 0.3) is 0 Å². The second-order valence-corrected chi connectivity index (χ2v) is 7.60. The van der Waals surface area contributed by atoms with Gasteiger partial charge in [-0.2, -0.15) is 0 Å². The van der Waals surface area contributed by atoms with Crippen LogP contribution in [0.1, 0.15) is 18.1 Å². The molecule has 0 saturated heterocycles. The van der Waals surface area contributed by atoms with Gasteiger partial charge in [-0.1, -0.05) is 31.2 Å². The van der Waals surface area contributed by atoms with Crippen LogP contribution >= 0.6 is 15.2 Å². The Kier molecular flexibility index (Phi) is 4.20. The average molecular weight is 296 g/mol. The van der Waals surface area contributed by atoms with Crippen LogP contribution in [0.5, 0.6) is 0 Å². The van der Waals surface area contributed by atoms with E-state index in [1.807, 2.05) is 6.92 Å². The van der Waals surface area contributed by atoms with E-state index in [0.29, 0.717) is 6.42 Å². The van der Waals surface area contributed by atoms with Crippen LogP contribution in [0.15, 0.2) is 24.3 Å². The standard InChI is InChI=1S/C9H14O7P2/c1-2-7-3-5-8(6-4-7)9(10,17(11,12)13)18(14,15)16/h3-6,10H,2H2,1H3,(H2,11,12,13)(H2,14,15,16). The predicted octanol–water partition coefficient (Wildman–Crippen LogP) is 0.707. The van der Waals surface area contributed by atoms with Gasteiger partial charge >= 0.3 is 15.2 Å². The molecule has 0 heterocycles. The Morgan fingerprint density at radius 3 is 1.67 bits per heavy atom. The summed E-state index contributed by atoms with van der Waals surface area (Å²) in [4.78, 5) is 36.1. The van der Waals surface area contributed by atoms with E-state index >= 15 is 0 Å². The first kappa shape index (κ1) is 15.5. The van der Waals surface area contributed by atoms with Crippen molar-refractivity contribution >= 4 is 15.2 Å². The molecule has 0 aliphatic heterocycles. The van der Waals surface area contributed by atoms with E-state index in [4.69, 9.17) is 19.6 Å². The zero-order chi connectivity index (χ0) is 14.2. The number of hydrogen-bond acceptors (Lipinski definition) is 3. The summed E-state index contributed by atoms with van der Waals surface area (Å²) in [6.45, 7) is 1.84. The first-order valence-corrected chi connectivity index (χ1v) is 8.19. The Morgan fingerprint density at radius 1 is 1.00 bits per heavy atom. The lowest BCUT2D eigenvalue weighted by Gasteiger charge is -2.29. The highest BCUT2D eigenvalue weighted by Crippen LogP contribution is 2.72. The van der Waals surface area contributed by atoms with Crippen molar-refractivity contribution in [1.29, 1.82) is 0 Å². The fourth-order valence-electron chi connectivity index (χ4n) is 1.47. The van der Waals surface area contributed by atoms with Gasteiger partial charge in [-0.25, -0.2) is 0 Å². The highest BCUT2D eigenvalue weighted by atomic mass is 31.2. The molecule has 0 bridgehead atoms. The summed E-state index contributed by atoms with van der Waals surface area (Å²) in [5.41, 5.74) is 0.291. The third-order valence-electron chi connectivity index (χ3n) is 2.56. The van der Waals surface area contributed by atoms with Gasteiger partial charge < -0.3 is 24.7 Å². The summed E-state index contributed by atoms with van der Waals surface area (Å²) in [5.74, 6) is 0. The quantitative estimate of drug-likeness (QED) is 0.516. The highest BCUT2D eigenvalue weighted by Gasteiger charge is 2.60. The smallest absolute Gasteiger partial charge is 0.364 e. The molecule has 0 aromatic heterocycles. The lowest BCUT2D eigenvalue weighted by atomic mass is 10.1. The largest absolute Gasteiger partial charge is 0.374 e. The van der Waals surface area contributed by atoms with Gasteiger partial charge in [0.1, 0.15) is 0 Å². The molecule has 0 spiro atoms. The molecule has 7 nitrogen and oxygen atoms in total. The van der Waals surface area contributed by atoms with Gasteiger partial charge in [-0.3, -0.25) is 9.13 Å². The van der Waals surface area contributed by atoms with Crippen LogP contribution in [0.3, 0.4) is 0 Å². The summed E-state index contributed by atoms with van der Waals surface area (Å²) >= 11 is 0. The minimum absolute atomic E-state index is 0.513. The zero-order valence-corrected chi connectivity index (χ0v) is 11.3. The minimum Gasteiger partial charge on any atom is -0.364 e. The Bertz CT molecular complexity index is 490. The fourth-order valence-corrected chi connectivity index (χ4v) is 3.80. The molecular weight excluding hydrogens is 282 g/mol. The molecule has 9 heteroatoms. The molecule has 0 aliphatic rings. The first-order chi connectivity index (χ1) is 8.04. The Morgan fingerprint density at radius 2 is 1.39 bits per heavy atom. The molecule has 0 unspecified atom stereocenters. The number of aryl methyl sites for hydroxylation is 1. The molecule has 1 rings (SSSR count). The van der Waals surface area contributed by atoms with Gasteiger partial charge in [0.25, 0.3) is 5.08 Å². The molecule has 0 saturated carbocycles. The van der Waals surface area contributed by atoms with Crippen LogP contribution in [-0.2, 0) is 20.6 Å².